The summed E-state index contributed by atoms with van der Waals surface area (Å²) in [5.74, 6) is 0.159. The van der Waals surface area contributed by atoms with E-state index in [9.17, 15) is 9.90 Å². The van der Waals surface area contributed by atoms with Crippen molar-refractivity contribution in [3.8, 4) is 5.75 Å². The van der Waals surface area contributed by atoms with Crippen molar-refractivity contribution in [3.63, 3.8) is 0 Å². The molecule has 0 saturated heterocycles. The zero-order valence-electron chi connectivity index (χ0n) is 11.0. The Hall–Kier alpha value is -2.49. The standard InChI is InChI=1S/C16H15NO3/c18-14-7-6-13-8-9-17(15(13)10-14)16(19)20-11-12-4-2-1-3-5-12/h1-7,10,18H,8-9,11H2. The van der Waals surface area contributed by atoms with Crippen molar-refractivity contribution in [2.45, 2.75) is 13.0 Å². The first kappa shape index (κ1) is 12.5. The molecule has 2 aromatic carbocycles. The van der Waals surface area contributed by atoms with Gasteiger partial charge in [-0.2, -0.15) is 0 Å². The predicted octanol–water partition coefficient (Wildman–Crippen LogP) is 3.09. The summed E-state index contributed by atoms with van der Waals surface area (Å²) in [5, 5.41) is 9.53. The summed E-state index contributed by atoms with van der Waals surface area (Å²) in [5.41, 5.74) is 2.75. The molecule has 0 bridgehead atoms. The summed E-state index contributed by atoms with van der Waals surface area (Å²) in [6.07, 6.45) is 0.411. The molecule has 0 atom stereocenters. The maximum atomic E-state index is 12.1. The summed E-state index contributed by atoms with van der Waals surface area (Å²) < 4.78 is 5.31. The van der Waals surface area contributed by atoms with Crippen LogP contribution in [0.5, 0.6) is 5.75 Å². The number of hydrogen-bond donors (Lipinski definition) is 1. The molecule has 1 aliphatic heterocycles. The third kappa shape index (κ3) is 2.45. The number of hydrogen-bond acceptors (Lipinski definition) is 3. The smallest absolute Gasteiger partial charge is 0.414 e. The van der Waals surface area contributed by atoms with Crippen LogP contribution in [0.4, 0.5) is 10.5 Å². The highest BCUT2D eigenvalue weighted by Gasteiger charge is 2.26. The Balaban J connectivity index is 1.69. The Bertz CT molecular complexity index is 625. The molecule has 102 valence electrons. The molecule has 0 radical (unpaired) electrons. The molecule has 4 nitrogen and oxygen atoms in total. The van der Waals surface area contributed by atoms with E-state index >= 15 is 0 Å². The van der Waals surface area contributed by atoms with E-state index in [2.05, 4.69) is 0 Å². The number of ether oxygens (including phenoxy) is 1. The van der Waals surface area contributed by atoms with E-state index < -0.39 is 0 Å². The molecular formula is C16H15NO3. The topological polar surface area (TPSA) is 49.8 Å². The molecule has 1 N–H and O–H groups in total. The summed E-state index contributed by atoms with van der Waals surface area (Å²) >= 11 is 0. The van der Waals surface area contributed by atoms with Crippen molar-refractivity contribution in [2.24, 2.45) is 0 Å². The molecule has 1 aliphatic rings. The largest absolute Gasteiger partial charge is 0.508 e. The minimum atomic E-state index is -0.377. The molecule has 0 unspecified atom stereocenters. The molecule has 0 aliphatic carbocycles. The fourth-order valence-electron chi connectivity index (χ4n) is 2.35. The van der Waals surface area contributed by atoms with Crippen LogP contribution in [-0.4, -0.2) is 17.7 Å². The van der Waals surface area contributed by atoms with Gasteiger partial charge in [0.05, 0.1) is 5.69 Å². The van der Waals surface area contributed by atoms with Crippen LogP contribution >= 0.6 is 0 Å². The number of carbonyl (C=O) groups is 1. The fraction of sp³-hybridized carbons (Fsp3) is 0.188. The Labute approximate surface area is 117 Å². The zero-order valence-corrected chi connectivity index (χ0v) is 11.0. The third-order valence-electron chi connectivity index (χ3n) is 3.39. The number of aromatic hydroxyl groups is 1. The Morgan fingerprint density at radius 1 is 1.20 bits per heavy atom. The normalized spacial score (nSPS) is 13.1. The second-order valence-corrected chi connectivity index (χ2v) is 4.75. The fourth-order valence-corrected chi connectivity index (χ4v) is 2.35. The molecule has 20 heavy (non-hydrogen) atoms. The van der Waals surface area contributed by atoms with E-state index in [4.69, 9.17) is 4.74 Å². The van der Waals surface area contributed by atoms with Crippen molar-refractivity contribution >= 4 is 11.8 Å². The van der Waals surface area contributed by atoms with Crippen LogP contribution in [0.1, 0.15) is 11.1 Å². The highest BCUT2D eigenvalue weighted by molar-refractivity contribution is 5.90. The zero-order chi connectivity index (χ0) is 13.9. The number of benzene rings is 2. The van der Waals surface area contributed by atoms with Crippen LogP contribution in [0.2, 0.25) is 0 Å². The van der Waals surface area contributed by atoms with Crippen molar-refractivity contribution in [1.82, 2.24) is 0 Å². The van der Waals surface area contributed by atoms with Gasteiger partial charge in [-0.05, 0) is 23.6 Å². The lowest BCUT2D eigenvalue weighted by molar-refractivity contribution is 0.147. The van der Waals surface area contributed by atoms with Crippen molar-refractivity contribution in [3.05, 3.63) is 59.7 Å². The highest BCUT2D eigenvalue weighted by atomic mass is 16.6. The van der Waals surface area contributed by atoms with Gasteiger partial charge in [0.1, 0.15) is 12.4 Å². The number of amides is 1. The van der Waals surface area contributed by atoms with Gasteiger partial charge in [0.15, 0.2) is 0 Å². The summed E-state index contributed by atoms with van der Waals surface area (Å²) in [6.45, 7) is 0.844. The van der Waals surface area contributed by atoms with Gasteiger partial charge in [-0.15, -0.1) is 0 Å². The van der Waals surface area contributed by atoms with Crippen LogP contribution in [-0.2, 0) is 17.8 Å². The van der Waals surface area contributed by atoms with Crippen molar-refractivity contribution in [1.29, 1.82) is 0 Å². The molecular weight excluding hydrogens is 254 g/mol. The van der Waals surface area contributed by atoms with Crippen LogP contribution in [0.25, 0.3) is 0 Å². The van der Waals surface area contributed by atoms with Gasteiger partial charge in [0, 0.05) is 12.6 Å². The third-order valence-corrected chi connectivity index (χ3v) is 3.39. The first-order valence-corrected chi connectivity index (χ1v) is 6.54. The lowest BCUT2D eigenvalue weighted by atomic mass is 10.1. The van der Waals surface area contributed by atoms with Gasteiger partial charge in [-0.1, -0.05) is 36.4 Å². The first-order chi connectivity index (χ1) is 9.74. The lowest BCUT2D eigenvalue weighted by Crippen LogP contribution is -2.29. The molecule has 3 rings (SSSR count). The first-order valence-electron chi connectivity index (χ1n) is 6.54. The average Bonchev–Trinajstić information content (AvgIpc) is 2.89. The minimum Gasteiger partial charge on any atom is -0.508 e. The van der Waals surface area contributed by atoms with Crippen LogP contribution < -0.4 is 4.90 Å². The van der Waals surface area contributed by atoms with Crippen LogP contribution in [0.3, 0.4) is 0 Å². The number of phenolic OH excluding ortho intramolecular Hbond substituents is 1. The highest BCUT2D eigenvalue weighted by Crippen LogP contribution is 2.31. The number of phenols is 1. The van der Waals surface area contributed by atoms with E-state index in [-0.39, 0.29) is 18.4 Å². The Morgan fingerprint density at radius 2 is 2.00 bits per heavy atom. The second-order valence-electron chi connectivity index (χ2n) is 4.75. The number of fused-ring (bicyclic) bond motifs is 1. The maximum Gasteiger partial charge on any atom is 0.414 e. The van der Waals surface area contributed by atoms with Crippen molar-refractivity contribution < 1.29 is 14.6 Å². The number of rotatable bonds is 2. The van der Waals surface area contributed by atoms with Crippen molar-refractivity contribution in [2.75, 3.05) is 11.4 Å². The number of carbonyl (C=O) groups excluding carboxylic acids is 1. The molecule has 2 aromatic rings. The molecule has 0 spiro atoms. The quantitative estimate of drug-likeness (QED) is 0.911. The molecule has 0 fully saturated rings. The summed E-state index contributed by atoms with van der Waals surface area (Å²) in [6, 6.07) is 14.6. The van der Waals surface area contributed by atoms with Crippen LogP contribution in [0.15, 0.2) is 48.5 Å². The molecule has 0 saturated carbocycles. The second kappa shape index (κ2) is 5.25. The van der Waals surface area contributed by atoms with Gasteiger partial charge in [-0.3, -0.25) is 4.90 Å². The maximum absolute atomic E-state index is 12.1. The van der Waals surface area contributed by atoms with Gasteiger partial charge < -0.3 is 9.84 Å². The predicted molar refractivity (Wildman–Crippen MR) is 75.8 cm³/mol. The van der Waals surface area contributed by atoms with Gasteiger partial charge in [-0.25, -0.2) is 4.79 Å². The van der Waals surface area contributed by atoms with E-state index in [1.807, 2.05) is 36.4 Å². The monoisotopic (exact) mass is 269 g/mol. The molecule has 1 amide bonds. The van der Waals surface area contributed by atoms with E-state index in [0.29, 0.717) is 6.54 Å². The van der Waals surface area contributed by atoms with E-state index in [0.717, 1.165) is 23.2 Å². The number of anilines is 1. The SMILES string of the molecule is O=C(OCc1ccccc1)N1CCc2ccc(O)cc21. The van der Waals surface area contributed by atoms with Gasteiger partial charge in [0.2, 0.25) is 0 Å². The summed E-state index contributed by atoms with van der Waals surface area (Å²) in [4.78, 5) is 13.7. The Kier molecular flexibility index (Phi) is 3.29. The summed E-state index contributed by atoms with van der Waals surface area (Å²) in [7, 11) is 0. The van der Waals surface area contributed by atoms with Gasteiger partial charge in [0.25, 0.3) is 0 Å². The molecule has 1 heterocycles. The molecule has 0 aromatic heterocycles. The Morgan fingerprint density at radius 3 is 2.80 bits per heavy atom. The minimum absolute atomic E-state index is 0.159. The lowest BCUT2D eigenvalue weighted by Gasteiger charge is -2.17. The average molecular weight is 269 g/mol. The van der Waals surface area contributed by atoms with E-state index in [1.165, 1.54) is 0 Å². The number of nitrogens with zero attached hydrogens (tertiary/aromatic N) is 1. The van der Waals surface area contributed by atoms with Gasteiger partial charge >= 0.3 is 6.09 Å². The molecule has 4 heteroatoms. The van der Waals surface area contributed by atoms with Crippen LogP contribution in [0, 0.1) is 0 Å². The van der Waals surface area contributed by atoms with E-state index in [1.54, 1.807) is 17.0 Å².